The number of guanidine groups is 1. The molecule has 2 saturated heterocycles. The predicted octanol–water partition coefficient (Wildman–Crippen LogP) is 5.23. The minimum absolute atomic E-state index is 0.535. The molecule has 4 heterocycles. The van der Waals surface area contributed by atoms with Gasteiger partial charge in [-0.1, -0.05) is 37.2 Å². The number of piperazine rings is 1. The minimum atomic E-state index is 0.535. The summed E-state index contributed by atoms with van der Waals surface area (Å²) in [5, 5.41) is 0.812. The van der Waals surface area contributed by atoms with Gasteiger partial charge in [0.2, 0.25) is 5.96 Å². The van der Waals surface area contributed by atoms with Crippen LogP contribution in [0, 0.1) is 0 Å². The van der Waals surface area contributed by atoms with E-state index in [0.29, 0.717) is 18.1 Å². The van der Waals surface area contributed by atoms with Crippen molar-refractivity contribution < 1.29 is 0 Å². The quantitative estimate of drug-likeness (QED) is 0.557. The zero-order valence-corrected chi connectivity index (χ0v) is 22.1. The van der Waals surface area contributed by atoms with Crippen LogP contribution in [-0.2, 0) is 6.54 Å². The van der Waals surface area contributed by atoms with Crippen molar-refractivity contribution >= 4 is 29.1 Å². The third-order valence-corrected chi connectivity index (χ3v) is 8.60. The lowest BCUT2D eigenvalue weighted by molar-refractivity contribution is 0.0290. The normalized spacial score (nSPS) is 24.1. The summed E-state index contributed by atoms with van der Waals surface area (Å²) in [6.45, 7) is 13.3. The van der Waals surface area contributed by atoms with E-state index in [2.05, 4.69) is 56.3 Å². The molecule has 36 heavy (non-hydrogen) atoms. The number of pyridine rings is 1. The van der Waals surface area contributed by atoms with Gasteiger partial charge in [0.1, 0.15) is 0 Å². The average molecular weight is 505 g/mol. The molecule has 0 N–H and O–H groups in total. The zero-order valence-electron chi connectivity index (χ0n) is 21.3. The number of fused-ring (bicyclic) bond motifs is 1. The van der Waals surface area contributed by atoms with Gasteiger partial charge in [-0.05, 0) is 75.0 Å². The molecule has 0 radical (unpaired) electrons. The van der Waals surface area contributed by atoms with Crippen LogP contribution in [0.4, 0.5) is 5.82 Å². The molecule has 6 nitrogen and oxygen atoms in total. The second kappa shape index (κ2) is 10.2. The highest BCUT2D eigenvalue weighted by Gasteiger charge is 2.41. The summed E-state index contributed by atoms with van der Waals surface area (Å²) in [6, 6.07) is 14.2. The molecule has 0 bridgehead atoms. The van der Waals surface area contributed by atoms with Crippen molar-refractivity contribution in [2.75, 3.05) is 32.7 Å². The number of likely N-dealkylation sites (tertiary alicyclic amines) is 1. The Hall–Kier alpha value is -2.41. The van der Waals surface area contributed by atoms with Crippen molar-refractivity contribution in [1.29, 1.82) is 0 Å². The minimum Gasteiger partial charge on any atom is -0.339 e. The number of benzene rings is 1. The van der Waals surface area contributed by atoms with Crippen molar-refractivity contribution in [2.24, 2.45) is 4.99 Å². The monoisotopic (exact) mass is 504 g/mol. The maximum absolute atomic E-state index is 6.06. The molecule has 3 aliphatic heterocycles. The van der Waals surface area contributed by atoms with Gasteiger partial charge in [-0.25, -0.2) is 4.98 Å². The molecule has 7 heteroatoms. The lowest BCUT2D eigenvalue weighted by Gasteiger charge is -2.49. The van der Waals surface area contributed by atoms with Crippen LogP contribution in [0.5, 0.6) is 0 Å². The van der Waals surface area contributed by atoms with Crippen LogP contribution < -0.4 is 0 Å². The number of nitrogens with zero attached hydrogens (tertiary/aromatic N) is 6. The van der Waals surface area contributed by atoms with Crippen LogP contribution in [0.3, 0.4) is 0 Å². The molecular formula is C29H37ClN6. The highest BCUT2D eigenvalue weighted by Crippen LogP contribution is 2.40. The third kappa shape index (κ3) is 4.79. The first-order chi connectivity index (χ1) is 17.6. The van der Waals surface area contributed by atoms with Gasteiger partial charge in [0.25, 0.3) is 0 Å². The van der Waals surface area contributed by atoms with Crippen molar-refractivity contribution in [2.45, 2.75) is 63.7 Å². The van der Waals surface area contributed by atoms with Gasteiger partial charge >= 0.3 is 0 Å². The van der Waals surface area contributed by atoms with E-state index < -0.39 is 0 Å². The Bertz CT molecular complexity index is 1120. The molecule has 0 unspecified atom stereocenters. The molecule has 190 valence electrons. The average Bonchev–Trinajstić information content (AvgIpc) is 3.75. The zero-order chi connectivity index (χ0) is 24.6. The standard InChI is InChI=1S/C29H37ClN6/c1-3-24-20-34(29-32-28-27(5-4-14-31-28)21(2)36(29)26-10-11-26)17-18-35(24)25-12-15-33(16-13-25)19-22-6-8-23(30)9-7-22/h4-9,14,24-26H,2-3,10-13,15-20H2,1H3/t24-/m0/s1. The summed E-state index contributed by atoms with van der Waals surface area (Å²) in [4.78, 5) is 20.0. The summed E-state index contributed by atoms with van der Waals surface area (Å²) in [5.41, 5.74) is 3.49. The van der Waals surface area contributed by atoms with Crippen molar-refractivity contribution in [3.8, 4) is 0 Å². The van der Waals surface area contributed by atoms with Gasteiger partial charge < -0.3 is 9.80 Å². The summed E-state index contributed by atoms with van der Waals surface area (Å²) in [6.07, 6.45) is 7.93. The molecule has 0 amide bonds. The maximum atomic E-state index is 6.06. The van der Waals surface area contributed by atoms with Crippen molar-refractivity contribution in [1.82, 2.24) is 24.6 Å². The first-order valence-corrected chi connectivity index (χ1v) is 14.0. The lowest BCUT2D eigenvalue weighted by Crippen LogP contribution is -2.61. The molecule has 4 aliphatic rings. The number of halogens is 1. The van der Waals surface area contributed by atoms with E-state index in [1.165, 1.54) is 31.2 Å². The first-order valence-electron chi connectivity index (χ1n) is 13.6. The second-order valence-corrected chi connectivity index (χ2v) is 11.2. The summed E-state index contributed by atoms with van der Waals surface area (Å²) in [5.74, 6) is 1.89. The first kappa shape index (κ1) is 24.0. The Kier molecular flexibility index (Phi) is 6.76. The molecule has 1 aliphatic carbocycles. The number of hydrogen-bond acceptors (Lipinski definition) is 6. The number of hydrogen-bond donors (Lipinski definition) is 0. The lowest BCUT2D eigenvalue weighted by atomic mass is 9.98. The molecule has 3 fully saturated rings. The molecule has 1 saturated carbocycles. The van der Waals surface area contributed by atoms with Crippen LogP contribution >= 0.6 is 11.6 Å². The molecule has 1 aromatic heterocycles. The highest BCUT2D eigenvalue weighted by molar-refractivity contribution is 6.30. The van der Waals surface area contributed by atoms with Gasteiger partial charge in [-0.3, -0.25) is 9.80 Å². The molecular weight excluding hydrogens is 468 g/mol. The Balaban J connectivity index is 1.11. The summed E-state index contributed by atoms with van der Waals surface area (Å²) >= 11 is 6.06. The van der Waals surface area contributed by atoms with Gasteiger partial charge in [-0.2, -0.15) is 4.99 Å². The number of aromatic nitrogens is 1. The topological polar surface area (TPSA) is 38.2 Å². The van der Waals surface area contributed by atoms with E-state index in [9.17, 15) is 0 Å². The SMILES string of the molecule is C=C1c2cccnc2N=C(N2CCN(C3CCN(Cc4ccc(Cl)cc4)CC3)[C@@H](CC)C2)N1C1CC1. The fraction of sp³-hybridized carbons (Fsp3) is 0.517. The van der Waals surface area contributed by atoms with Gasteiger partial charge in [0.15, 0.2) is 5.82 Å². The highest BCUT2D eigenvalue weighted by atomic mass is 35.5. The van der Waals surface area contributed by atoms with E-state index >= 15 is 0 Å². The fourth-order valence-electron chi connectivity index (χ4n) is 6.20. The molecule has 0 spiro atoms. The molecule has 2 aromatic rings. The number of piperidine rings is 1. The largest absolute Gasteiger partial charge is 0.339 e. The number of rotatable bonds is 5. The number of aliphatic imine (C=N–C) groups is 1. The fourth-order valence-corrected chi connectivity index (χ4v) is 6.33. The smallest absolute Gasteiger partial charge is 0.208 e. The van der Waals surface area contributed by atoms with Crippen molar-refractivity contribution in [3.63, 3.8) is 0 Å². The second-order valence-electron chi connectivity index (χ2n) is 10.7. The van der Waals surface area contributed by atoms with Crippen molar-refractivity contribution in [3.05, 3.63) is 65.3 Å². The van der Waals surface area contributed by atoms with Crippen LogP contribution in [-0.4, -0.2) is 81.4 Å². The van der Waals surface area contributed by atoms with Crippen LogP contribution in [0.15, 0.2) is 54.2 Å². The third-order valence-electron chi connectivity index (χ3n) is 8.35. The van der Waals surface area contributed by atoms with Crippen LogP contribution in [0.1, 0.15) is 50.2 Å². The molecule has 1 atom stereocenters. The summed E-state index contributed by atoms with van der Waals surface area (Å²) < 4.78 is 0. The van der Waals surface area contributed by atoms with Crippen LogP contribution in [0.25, 0.3) is 5.70 Å². The Morgan fingerprint density at radius 2 is 1.75 bits per heavy atom. The maximum Gasteiger partial charge on any atom is 0.208 e. The van der Waals surface area contributed by atoms with E-state index in [1.54, 1.807) is 0 Å². The molecule has 1 aromatic carbocycles. The van der Waals surface area contributed by atoms with E-state index in [0.717, 1.165) is 73.7 Å². The molecule has 6 rings (SSSR count). The van der Waals surface area contributed by atoms with E-state index in [1.807, 2.05) is 24.4 Å². The Morgan fingerprint density at radius 1 is 0.972 bits per heavy atom. The van der Waals surface area contributed by atoms with Gasteiger partial charge in [0, 0.05) is 66.8 Å². The van der Waals surface area contributed by atoms with Gasteiger partial charge in [-0.15, -0.1) is 0 Å². The Morgan fingerprint density at radius 3 is 2.47 bits per heavy atom. The van der Waals surface area contributed by atoms with Crippen LogP contribution in [0.2, 0.25) is 5.02 Å². The van der Waals surface area contributed by atoms with E-state index in [-0.39, 0.29) is 0 Å². The Labute approximate surface area is 220 Å². The van der Waals surface area contributed by atoms with Gasteiger partial charge in [0.05, 0.1) is 0 Å². The predicted molar refractivity (Wildman–Crippen MR) is 147 cm³/mol. The summed E-state index contributed by atoms with van der Waals surface area (Å²) in [7, 11) is 0. The van der Waals surface area contributed by atoms with E-state index in [4.69, 9.17) is 16.6 Å².